The van der Waals surface area contributed by atoms with Crippen LogP contribution in [0.15, 0.2) is 67.0 Å². The van der Waals surface area contributed by atoms with Gasteiger partial charge in [-0.2, -0.15) is 0 Å². The van der Waals surface area contributed by atoms with Crippen molar-refractivity contribution in [3.05, 3.63) is 78.1 Å². The molecule has 0 unspecified atom stereocenters. The van der Waals surface area contributed by atoms with Gasteiger partial charge in [0.15, 0.2) is 0 Å². The number of aryl methyl sites for hydroxylation is 1. The van der Waals surface area contributed by atoms with Crippen LogP contribution in [0.3, 0.4) is 0 Å². The van der Waals surface area contributed by atoms with Gasteiger partial charge >= 0.3 is 0 Å². The van der Waals surface area contributed by atoms with Crippen molar-refractivity contribution in [2.45, 2.75) is 45.1 Å². The number of aromatic nitrogens is 1. The molecule has 0 aliphatic heterocycles. The third-order valence-electron chi connectivity index (χ3n) is 4.79. The molecular weight excluding hydrogens is 292 g/mol. The molecule has 0 saturated heterocycles. The Morgan fingerprint density at radius 1 is 1.08 bits per heavy atom. The minimum Gasteiger partial charge on any atom is -0.324 e. The second-order valence-electron chi connectivity index (χ2n) is 6.53. The molecule has 2 nitrogen and oxygen atoms in total. The summed E-state index contributed by atoms with van der Waals surface area (Å²) in [6.07, 6.45) is 12.5. The minimum atomic E-state index is 0.502. The monoisotopic (exact) mass is 318 g/mol. The number of allylic oxidation sites excluding steroid dienone is 1. The fourth-order valence-corrected chi connectivity index (χ4v) is 3.44. The van der Waals surface area contributed by atoms with Gasteiger partial charge in [0.05, 0.1) is 0 Å². The fraction of sp³-hybridized carbons (Fsp3) is 0.318. The Labute approximate surface area is 145 Å². The van der Waals surface area contributed by atoms with Gasteiger partial charge in [-0.05, 0) is 49.1 Å². The molecule has 1 aliphatic carbocycles. The molecular formula is C22H26N2. The van der Waals surface area contributed by atoms with Gasteiger partial charge in [-0.3, -0.25) is 0 Å². The molecule has 0 atom stereocenters. The van der Waals surface area contributed by atoms with Crippen LogP contribution in [0.2, 0.25) is 0 Å². The van der Waals surface area contributed by atoms with Crippen LogP contribution in [0.25, 0.3) is 6.08 Å². The largest absolute Gasteiger partial charge is 0.324 e. The van der Waals surface area contributed by atoms with Crippen LogP contribution in [0, 0.1) is 6.92 Å². The number of hydrogen-bond donors (Lipinski definition) is 0. The van der Waals surface area contributed by atoms with Crippen molar-refractivity contribution in [2.24, 2.45) is 0 Å². The first-order valence-electron chi connectivity index (χ1n) is 8.88. The maximum absolute atomic E-state index is 4.58. The molecule has 1 aromatic carbocycles. The summed E-state index contributed by atoms with van der Waals surface area (Å²) in [5.41, 5.74) is 3.54. The maximum atomic E-state index is 4.58. The lowest BCUT2D eigenvalue weighted by atomic mass is 9.93. The molecule has 1 heterocycles. The lowest BCUT2D eigenvalue weighted by Crippen LogP contribution is -2.36. The van der Waals surface area contributed by atoms with E-state index in [1.807, 2.05) is 12.3 Å². The molecule has 0 amide bonds. The molecule has 0 radical (unpaired) electrons. The van der Waals surface area contributed by atoms with Gasteiger partial charge in [-0.25, -0.2) is 4.98 Å². The summed E-state index contributed by atoms with van der Waals surface area (Å²) >= 11 is 0. The predicted molar refractivity (Wildman–Crippen MR) is 103 cm³/mol. The van der Waals surface area contributed by atoms with Gasteiger partial charge in [0, 0.05) is 17.9 Å². The molecule has 0 spiro atoms. The molecule has 0 bridgehead atoms. The molecule has 1 aromatic heterocycles. The van der Waals surface area contributed by atoms with Crippen LogP contribution in [0.4, 0.5) is 5.82 Å². The summed E-state index contributed by atoms with van der Waals surface area (Å²) in [7, 11) is 0. The SMILES string of the molecule is C=C(/C=C/c1ccccc1C)N(c1ccccn1)C1CCCCC1. The number of rotatable bonds is 5. The van der Waals surface area contributed by atoms with Crippen LogP contribution in [-0.2, 0) is 0 Å². The summed E-state index contributed by atoms with van der Waals surface area (Å²) in [5, 5.41) is 0. The molecule has 24 heavy (non-hydrogen) atoms. The molecule has 3 rings (SSSR count). The van der Waals surface area contributed by atoms with E-state index in [1.54, 1.807) is 0 Å². The zero-order valence-corrected chi connectivity index (χ0v) is 14.5. The van der Waals surface area contributed by atoms with Gasteiger partial charge < -0.3 is 4.90 Å². The van der Waals surface area contributed by atoms with E-state index in [9.17, 15) is 0 Å². The highest BCUT2D eigenvalue weighted by atomic mass is 15.2. The van der Waals surface area contributed by atoms with Crippen molar-refractivity contribution in [1.82, 2.24) is 4.98 Å². The third kappa shape index (κ3) is 3.94. The lowest BCUT2D eigenvalue weighted by molar-refractivity contribution is 0.429. The molecule has 1 fully saturated rings. The van der Waals surface area contributed by atoms with Gasteiger partial charge in [0.2, 0.25) is 0 Å². The highest BCUT2D eigenvalue weighted by molar-refractivity contribution is 5.60. The maximum Gasteiger partial charge on any atom is 0.133 e. The molecule has 1 aliphatic rings. The van der Waals surface area contributed by atoms with Crippen molar-refractivity contribution in [1.29, 1.82) is 0 Å². The second-order valence-corrected chi connectivity index (χ2v) is 6.53. The average Bonchev–Trinajstić information content (AvgIpc) is 2.63. The van der Waals surface area contributed by atoms with E-state index in [4.69, 9.17) is 0 Å². The molecule has 0 N–H and O–H groups in total. The number of pyridine rings is 1. The smallest absolute Gasteiger partial charge is 0.133 e. The molecule has 2 heteroatoms. The Kier molecular flexibility index (Phi) is 5.47. The summed E-state index contributed by atoms with van der Waals surface area (Å²) in [6, 6.07) is 15.0. The normalized spacial score (nSPS) is 15.5. The van der Waals surface area contributed by atoms with Crippen LogP contribution in [-0.4, -0.2) is 11.0 Å². The summed E-state index contributed by atoms with van der Waals surface area (Å²) < 4.78 is 0. The number of anilines is 1. The minimum absolute atomic E-state index is 0.502. The Morgan fingerprint density at radius 3 is 2.54 bits per heavy atom. The Bertz CT molecular complexity index is 697. The van der Waals surface area contributed by atoms with E-state index in [0.717, 1.165) is 11.5 Å². The second kappa shape index (κ2) is 7.96. The first-order chi connectivity index (χ1) is 11.8. The van der Waals surface area contributed by atoms with Crippen molar-refractivity contribution in [3.8, 4) is 0 Å². The molecule has 124 valence electrons. The van der Waals surface area contributed by atoms with Gasteiger partial charge in [0.25, 0.3) is 0 Å². The average molecular weight is 318 g/mol. The van der Waals surface area contributed by atoms with E-state index >= 15 is 0 Å². The zero-order valence-electron chi connectivity index (χ0n) is 14.5. The van der Waals surface area contributed by atoms with Crippen molar-refractivity contribution >= 4 is 11.9 Å². The number of hydrogen-bond acceptors (Lipinski definition) is 2. The highest BCUT2D eigenvalue weighted by Gasteiger charge is 2.23. The van der Waals surface area contributed by atoms with Gasteiger partial charge in [-0.15, -0.1) is 0 Å². The Morgan fingerprint density at radius 2 is 1.83 bits per heavy atom. The predicted octanol–water partition coefficient (Wildman–Crippen LogP) is 5.76. The highest BCUT2D eigenvalue weighted by Crippen LogP contribution is 2.29. The van der Waals surface area contributed by atoms with Gasteiger partial charge in [0.1, 0.15) is 5.82 Å². The van der Waals surface area contributed by atoms with E-state index in [-0.39, 0.29) is 0 Å². The van der Waals surface area contributed by atoms with E-state index in [1.165, 1.54) is 43.2 Å². The lowest BCUT2D eigenvalue weighted by Gasteiger charge is -2.35. The van der Waals surface area contributed by atoms with Crippen LogP contribution < -0.4 is 4.90 Å². The van der Waals surface area contributed by atoms with Crippen LogP contribution >= 0.6 is 0 Å². The Hall–Kier alpha value is -2.35. The molecule has 2 aromatic rings. The Balaban J connectivity index is 1.84. The standard InChI is InChI=1S/C22H26N2/c1-18-10-6-7-11-20(18)16-15-19(2)24(21-12-4-3-5-13-21)22-14-8-9-17-23-22/h6-11,14-17,21H,2-5,12-13H2,1H3/b16-15+. The van der Waals surface area contributed by atoms with E-state index < -0.39 is 0 Å². The third-order valence-corrected chi connectivity index (χ3v) is 4.79. The fourth-order valence-electron chi connectivity index (χ4n) is 3.44. The van der Waals surface area contributed by atoms with Crippen LogP contribution in [0.1, 0.15) is 43.2 Å². The number of benzene rings is 1. The summed E-state index contributed by atoms with van der Waals surface area (Å²) in [5.74, 6) is 1.00. The number of nitrogens with zero attached hydrogens (tertiary/aromatic N) is 2. The quantitative estimate of drug-likeness (QED) is 0.652. The van der Waals surface area contributed by atoms with Crippen molar-refractivity contribution < 1.29 is 0 Å². The van der Waals surface area contributed by atoms with E-state index in [2.05, 4.69) is 71.9 Å². The van der Waals surface area contributed by atoms with Crippen molar-refractivity contribution in [3.63, 3.8) is 0 Å². The molecule has 1 saturated carbocycles. The topological polar surface area (TPSA) is 16.1 Å². The van der Waals surface area contributed by atoms with E-state index in [0.29, 0.717) is 6.04 Å². The zero-order chi connectivity index (χ0) is 16.8. The summed E-state index contributed by atoms with van der Waals surface area (Å²) in [4.78, 5) is 6.91. The summed E-state index contributed by atoms with van der Waals surface area (Å²) in [6.45, 7) is 6.49. The first-order valence-corrected chi connectivity index (χ1v) is 8.88. The first kappa shape index (κ1) is 16.5. The van der Waals surface area contributed by atoms with Crippen LogP contribution in [0.5, 0.6) is 0 Å². The van der Waals surface area contributed by atoms with Crippen molar-refractivity contribution in [2.75, 3.05) is 4.90 Å². The van der Waals surface area contributed by atoms with Gasteiger partial charge in [-0.1, -0.05) is 62.2 Å².